The van der Waals surface area contributed by atoms with Gasteiger partial charge < -0.3 is 9.64 Å². The van der Waals surface area contributed by atoms with E-state index < -0.39 is 10.0 Å². The first-order chi connectivity index (χ1) is 15.8. The van der Waals surface area contributed by atoms with Crippen LogP contribution in [-0.2, 0) is 21.2 Å². The number of piperidine rings is 1. The Labute approximate surface area is 196 Å². The Kier molecular flexibility index (Phi) is 8.63. The van der Waals surface area contributed by atoms with Crippen LogP contribution in [0.5, 0.6) is 5.75 Å². The van der Waals surface area contributed by atoms with E-state index in [0.717, 1.165) is 31.4 Å². The number of likely N-dealkylation sites (tertiary alicyclic amines) is 1. The second-order valence-corrected chi connectivity index (χ2v) is 10.2. The average Bonchev–Trinajstić information content (AvgIpc) is 2.83. The third-order valence-corrected chi connectivity index (χ3v) is 7.65. The van der Waals surface area contributed by atoms with Crippen molar-refractivity contribution in [2.45, 2.75) is 43.9 Å². The van der Waals surface area contributed by atoms with Crippen molar-refractivity contribution in [3.05, 3.63) is 59.7 Å². The van der Waals surface area contributed by atoms with Gasteiger partial charge in [0.15, 0.2) is 5.78 Å². The number of benzene rings is 2. The van der Waals surface area contributed by atoms with Gasteiger partial charge in [0, 0.05) is 31.6 Å². The lowest BCUT2D eigenvalue weighted by Crippen LogP contribution is -2.40. The minimum Gasteiger partial charge on any atom is -0.497 e. The number of hydrogen-bond donors (Lipinski definition) is 1. The number of carbonyl (C=O) groups is 2. The summed E-state index contributed by atoms with van der Waals surface area (Å²) in [5.41, 5.74) is 1.74. The number of sulfonamides is 1. The average molecular weight is 473 g/mol. The molecule has 0 unspecified atom stereocenters. The standard InChI is InChI=1S/C25H32N2O5S/c1-19(28)22-7-11-24(12-8-22)33(30,31)26-16-13-25(29)27-17-14-21(15-18-27)4-3-20-5-9-23(32-2)10-6-20/h5-12,21,26H,3-4,13-18H2,1-2H3. The zero-order valence-corrected chi connectivity index (χ0v) is 20.1. The number of Topliss-reactive ketones (excluding diaryl/α,β-unsaturated/α-hetero) is 1. The molecule has 2 aromatic rings. The maximum Gasteiger partial charge on any atom is 0.240 e. The van der Waals surface area contributed by atoms with Crippen molar-refractivity contribution < 1.29 is 22.7 Å². The molecule has 0 aliphatic carbocycles. The second kappa shape index (κ2) is 11.4. The molecule has 7 nitrogen and oxygen atoms in total. The molecule has 33 heavy (non-hydrogen) atoms. The highest BCUT2D eigenvalue weighted by Crippen LogP contribution is 2.23. The van der Waals surface area contributed by atoms with Crippen molar-refractivity contribution in [1.29, 1.82) is 0 Å². The number of nitrogens with one attached hydrogen (secondary N) is 1. The summed E-state index contributed by atoms with van der Waals surface area (Å²) in [6, 6.07) is 13.9. The van der Waals surface area contributed by atoms with E-state index in [-0.39, 0.29) is 29.6 Å². The molecule has 1 fully saturated rings. The summed E-state index contributed by atoms with van der Waals surface area (Å²) in [6.07, 6.45) is 4.17. The van der Waals surface area contributed by atoms with Crippen LogP contribution in [0.2, 0.25) is 0 Å². The maximum absolute atomic E-state index is 12.5. The zero-order valence-electron chi connectivity index (χ0n) is 19.2. The molecular weight excluding hydrogens is 440 g/mol. The second-order valence-electron chi connectivity index (χ2n) is 8.44. The maximum atomic E-state index is 12.5. The number of ketones is 1. The molecule has 0 aromatic heterocycles. The van der Waals surface area contributed by atoms with Gasteiger partial charge in [0.2, 0.25) is 15.9 Å². The van der Waals surface area contributed by atoms with E-state index in [0.29, 0.717) is 24.6 Å². The van der Waals surface area contributed by atoms with Gasteiger partial charge in [0.05, 0.1) is 12.0 Å². The summed E-state index contributed by atoms with van der Waals surface area (Å²) in [4.78, 5) is 25.8. The van der Waals surface area contributed by atoms with Crippen molar-refractivity contribution in [3.63, 3.8) is 0 Å². The molecule has 1 heterocycles. The lowest BCUT2D eigenvalue weighted by molar-refractivity contribution is -0.132. The summed E-state index contributed by atoms with van der Waals surface area (Å²) in [6.45, 7) is 2.90. The molecule has 1 aliphatic rings. The number of carbonyl (C=O) groups excluding carboxylic acids is 2. The van der Waals surface area contributed by atoms with E-state index in [1.165, 1.54) is 36.8 Å². The van der Waals surface area contributed by atoms with Gasteiger partial charge in [0.25, 0.3) is 0 Å². The fourth-order valence-corrected chi connectivity index (χ4v) is 5.07. The van der Waals surface area contributed by atoms with Crippen LogP contribution >= 0.6 is 0 Å². The molecule has 0 radical (unpaired) electrons. The van der Waals surface area contributed by atoms with Crippen LogP contribution in [0.15, 0.2) is 53.4 Å². The van der Waals surface area contributed by atoms with E-state index in [2.05, 4.69) is 16.9 Å². The summed E-state index contributed by atoms with van der Waals surface area (Å²) in [7, 11) is -2.06. The number of amides is 1. The summed E-state index contributed by atoms with van der Waals surface area (Å²) in [5.74, 6) is 1.30. The van der Waals surface area contributed by atoms with Gasteiger partial charge in [-0.3, -0.25) is 9.59 Å². The first-order valence-corrected chi connectivity index (χ1v) is 12.8. The minimum absolute atomic E-state index is 0.0294. The number of ether oxygens (including phenoxy) is 1. The number of nitrogens with zero attached hydrogens (tertiary/aromatic N) is 1. The van der Waals surface area contributed by atoms with Crippen molar-refractivity contribution in [1.82, 2.24) is 9.62 Å². The summed E-state index contributed by atoms with van der Waals surface area (Å²) in [5, 5.41) is 0. The molecule has 0 saturated carbocycles. The first-order valence-electron chi connectivity index (χ1n) is 11.3. The van der Waals surface area contributed by atoms with Crippen LogP contribution in [0.25, 0.3) is 0 Å². The molecule has 1 aliphatic heterocycles. The monoisotopic (exact) mass is 472 g/mol. The molecule has 2 aromatic carbocycles. The quantitative estimate of drug-likeness (QED) is 0.535. The molecule has 8 heteroatoms. The fraction of sp³-hybridized carbons (Fsp3) is 0.440. The third-order valence-electron chi connectivity index (χ3n) is 6.17. The van der Waals surface area contributed by atoms with E-state index >= 15 is 0 Å². The lowest BCUT2D eigenvalue weighted by atomic mass is 9.90. The molecule has 1 amide bonds. The lowest BCUT2D eigenvalue weighted by Gasteiger charge is -2.32. The Hall–Kier alpha value is -2.71. The highest BCUT2D eigenvalue weighted by Gasteiger charge is 2.23. The Morgan fingerprint density at radius 2 is 1.67 bits per heavy atom. The summed E-state index contributed by atoms with van der Waals surface area (Å²) >= 11 is 0. The minimum atomic E-state index is -3.72. The van der Waals surface area contributed by atoms with Gasteiger partial charge in [-0.2, -0.15) is 0 Å². The number of rotatable bonds is 10. The highest BCUT2D eigenvalue weighted by molar-refractivity contribution is 7.89. The topological polar surface area (TPSA) is 92.8 Å². The molecule has 1 N–H and O–H groups in total. The normalized spacial score (nSPS) is 14.8. The molecule has 0 bridgehead atoms. The largest absolute Gasteiger partial charge is 0.497 e. The summed E-state index contributed by atoms with van der Waals surface area (Å²) < 4.78 is 32.5. The Bertz CT molecular complexity index is 1040. The van der Waals surface area contributed by atoms with Crippen LogP contribution in [-0.4, -0.2) is 51.8 Å². The van der Waals surface area contributed by atoms with Crippen LogP contribution < -0.4 is 9.46 Å². The van der Waals surface area contributed by atoms with Crippen LogP contribution in [0, 0.1) is 5.92 Å². The van der Waals surface area contributed by atoms with Crippen LogP contribution in [0.1, 0.15) is 48.5 Å². The van der Waals surface area contributed by atoms with Crippen molar-refractivity contribution in [2.24, 2.45) is 5.92 Å². The number of methoxy groups -OCH3 is 1. The van der Waals surface area contributed by atoms with E-state index in [9.17, 15) is 18.0 Å². The zero-order chi connectivity index (χ0) is 23.8. The highest BCUT2D eigenvalue weighted by atomic mass is 32.2. The molecular formula is C25H32N2O5S. The number of aryl methyl sites for hydroxylation is 1. The smallest absolute Gasteiger partial charge is 0.240 e. The molecule has 1 saturated heterocycles. The van der Waals surface area contributed by atoms with Crippen LogP contribution in [0.4, 0.5) is 0 Å². The predicted molar refractivity (Wildman–Crippen MR) is 127 cm³/mol. The van der Waals surface area contributed by atoms with E-state index in [4.69, 9.17) is 4.74 Å². The molecule has 0 spiro atoms. The van der Waals surface area contributed by atoms with E-state index in [1.54, 1.807) is 7.11 Å². The Morgan fingerprint density at radius 3 is 2.24 bits per heavy atom. The first kappa shape index (κ1) is 24.9. The molecule has 0 atom stereocenters. The fourth-order valence-electron chi connectivity index (χ4n) is 4.04. The SMILES string of the molecule is COc1ccc(CCC2CCN(C(=O)CCNS(=O)(=O)c3ccc(C(C)=O)cc3)CC2)cc1. The van der Waals surface area contributed by atoms with Gasteiger partial charge in [0.1, 0.15) is 5.75 Å². The molecule has 178 valence electrons. The van der Waals surface area contributed by atoms with Gasteiger partial charge in [-0.25, -0.2) is 13.1 Å². The van der Waals surface area contributed by atoms with E-state index in [1.807, 2.05) is 17.0 Å². The predicted octanol–water partition coefficient (Wildman–Crippen LogP) is 3.44. The third kappa shape index (κ3) is 7.14. The van der Waals surface area contributed by atoms with Gasteiger partial charge in [-0.05, 0) is 68.4 Å². The number of hydrogen-bond acceptors (Lipinski definition) is 5. The van der Waals surface area contributed by atoms with Crippen LogP contribution in [0.3, 0.4) is 0 Å². The molecule has 3 rings (SSSR count). The van der Waals surface area contributed by atoms with Crippen molar-refractivity contribution >= 4 is 21.7 Å². The van der Waals surface area contributed by atoms with Crippen molar-refractivity contribution in [2.75, 3.05) is 26.7 Å². The van der Waals surface area contributed by atoms with Gasteiger partial charge in [-0.15, -0.1) is 0 Å². The van der Waals surface area contributed by atoms with Gasteiger partial charge in [-0.1, -0.05) is 24.3 Å². The van der Waals surface area contributed by atoms with Gasteiger partial charge >= 0.3 is 0 Å². The Morgan fingerprint density at radius 1 is 1.03 bits per heavy atom. The Balaban J connectivity index is 1.38. The van der Waals surface area contributed by atoms with Crippen molar-refractivity contribution in [3.8, 4) is 5.75 Å².